The van der Waals surface area contributed by atoms with Gasteiger partial charge < -0.3 is 5.32 Å². The van der Waals surface area contributed by atoms with Crippen molar-refractivity contribution < 1.29 is 0 Å². The highest BCUT2D eigenvalue weighted by Gasteiger charge is 2.15. The van der Waals surface area contributed by atoms with Crippen molar-refractivity contribution in [2.45, 2.75) is 46.6 Å². The van der Waals surface area contributed by atoms with Crippen molar-refractivity contribution in [3.8, 4) is 0 Å². The van der Waals surface area contributed by atoms with Crippen molar-refractivity contribution in [2.75, 3.05) is 5.32 Å². The summed E-state index contributed by atoms with van der Waals surface area (Å²) in [6.45, 7) is 8.41. The maximum atomic E-state index is 4.73. The van der Waals surface area contributed by atoms with E-state index in [1.807, 2.05) is 23.8 Å². The minimum absolute atomic E-state index is 0.220. The van der Waals surface area contributed by atoms with E-state index in [-0.39, 0.29) is 6.04 Å². The quantitative estimate of drug-likeness (QED) is 0.777. The molecule has 23 heavy (non-hydrogen) atoms. The lowest BCUT2D eigenvalue weighted by Crippen LogP contribution is -2.14. The second kappa shape index (κ2) is 6.36. The highest BCUT2D eigenvalue weighted by atomic mass is 15.3. The van der Waals surface area contributed by atoms with Gasteiger partial charge in [0.25, 0.3) is 0 Å². The van der Waals surface area contributed by atoms with E-state index in [0.29, 0.717) is 0 Å². The number of nitrogens with one attached hydrogen (secondary N) is 1. The predicted molar refractivity (Wildman–Crippen MR) is 92.7 cm³/mol. The van der Waals surface area contributed by atoms with Crippen LogP contribution in [-0.4, -0.2) is 19.6 Å². The summed E-state index contributed by atoms with van der Waals surface area (Å²) in [5.74, 6) is 0.992. The van der Waals surface area contributed by atoms with E-state index in [0.717, 1.165) is 41.3 Å². The van der Waals surface area contributed by atoms with Gasteiger partial charge >= 0.3 is 0 Å². The fourth-order valence-corrected chi connectivity index (χ4v) is 2.76. The molecule has 1 N–H and O–H groups in total. The molecule has 0 aliphatic heterocycles. The van der Waals surface area contributed by atoms with Crippen LogP contribution >= 0.6 is 0 Å². The highest BCUT2D eigenvalue weighted by molar-refractivity contribution is 5.56. The molecule has 0 amide bonds. The molecule has 0 aromatic carbocycles. The second-order valence-corrected chi connectivity index (χ2v) is 5.82. The Bertz CT molecular complexity index is 807. The molecular formula is C18H23N5. The third kappa shape index (κ3) is 2.91. The fourth-order valence-electron chi connectivity index (χ4n) is 2.76. The summed E-state index contributed by atoms with van der Waals surface area (Å²) in [5, 5.41) is 8.28. The maximum absolute atomic E-state index is 4.73. The Morgan fingerprint density at radius 2 is 1.91 bits per heavy atom. The zero-order chi connectivity index (χ0) is 16.4. The zero-order valence-corrected chi connectivity index (χ0v) is 14.2. The van der Waals surface area contributed by atoms with Gasteiger partial charge in [-0.2, -0.15) is 9.61 Å². The Kier molecular flexibility index (Phi) is 4.28. The van der Waals surface area contributed by atoms with E-state index in [1.165, 1.54) is 5.56 Å². The summed E-state index contributed by atoms with van der Waals surface area (Å²) in [6, 6.07) is 6.43. The van der Waals surface area contributed by atoms with Crippen LogP contribution in [0.2, 0.25) is 0 Å². The number of aryl methyl sites for hydroxylation is 3. The molecule has 3 aromatic heterocycles. The molecule has 0 fully saturated rings. The Morgan fingerprint density at radius 3 is 2.57 bits per heavy atom. The summed E-state index contributed by atoms with van der Waals surface area (Å²) in [5.41, 5.74) is 5.40. The number of pyridine rings is 1. The smallest absolute Gasteiger partial charge is 0.160 e. The summed E-state index contributed by atoms with van der Waals surface area (Å²) < 4.78 is 1.92. The molecule has 5 nitrogen and oxygen atoms in total. The summed E-state index contributed by atoms with van der Waals surface area (Å²) in [4.78, 5) is 8.84. The molecule has 0 spiro atoms. The minimum Gasteiger partial charge on any atom is -0.363 e. The molecule has 0 saturated heterocycles. The second-order valence-electron chi connectivity index (χ2n) is 5.82. The summed E-state index contributed by atoms with van der Waals surface area (Å²) in [6.07, 6.45) is 5.55. The first-order valence-corrected chi connectivity index (χ1v) is 8.16. The molecule has 5 heteroatoms. The monoisotopic (exact) mass is 309 g/mol. The number of hydrogen-bond donors (Lipinski definition) is 1. The molecule has 0 aliphatic carbocycles. The van der Waals surface area contributed by atoms with Gasteiger partial charge in [-0.25, -0.2) is 4.98 Å². The largest absolute Gasteiger partial charge is 0.363 e. The van der Waals surface area contributed by atoms with E-state index in [1.54, 1.807) is 0 Å². The van der Waals surface area contributed by atoms with Gasteiger partial charge in [-0.05, 0) is 44.4 Å². The average molecular weight is 309 g/mol. The van der Waals surface area contributed by atoms with Gasteiger partial charge in [0, 0.05) is 29.7 Å². The molecule has 0 aliphatic rings. The third-order valence-corrected chi connectivity index (χ3v) is 4.31. The fraction of sp³-hybridized carbons (Fsp3) is 0.389. The van der Waals surface area contributed by atoms with E-state index >= 15 is 0 Å². The van der Waals surface area contributed by atoms with Gasteiger partial charge in [0.15, 0.2) is 5.65 Å². The van der Waals surface area contributed by atoms with Gasteiger partial charge in [-0.1, -0.05) is 13.8 Å². The SMILES string of the molecule is CCc1cc(N[C@@H](CC)c2ccncc2)n2nc(C)c(C)c2n1. The molecule has 3 rings (SSSR count). The Morgan fingerprint density at radius 1 is 1.17 bits per heavy atom. The molecular weight excluding hydrogens is 286 g/mol. The third-order valence-electron chi connectivity index (χ3n) is 4.31. The van der Waals surface area contributed by atoms with Crippen molar-refractivity contribution in [1.82, 2.24) is 19.6 Å². The average Bonchev–Trinajstić information content (AvgIpc) is 2.88. The van der Waals surface area contributed by atoms with Crippen LogP contribution in [0.3, 0.4) is 0 Å². The van der Waals surface area contributed by atoms with Crippen molar-refractivity contribution in [3.05, 3.63) is 53.1 Å². The van der Waals surface area contributed by atoms with Crippen LogP contribution in [0.1, 0.15) is 48.8 Å². The molecule has 1 atom stereocenters. The van der Waals surface area contributed by atoms with Crippen LogP contribution < -0.4 is 5.32 Å². The molecule has 3 aromatic rings. The van der Waals surface area contributed by atoms with Crippen LogP contribution in [0.15, 0.2) is 30.6 Å². The van der Waals surface area contributed by atoms with Gasteiger partial charge in [-0.3, -0.25) is 4.98 Å². The van der Waals surface area contributed by atoms with Crippen LogP contribution in [-0.2, 0) is 6.42 Å². The topological polar surface area (TPSA) is 55.1 Å². The lowest BCUT2D eigenvalue weighted by Gasteiger charge is -2.19. The van der Waals surface area contributed by atoms with E-state index in [2.05, 4.69) is 54.4 Å². The van der Waals surface area contributed by atoms with Crippen LogP contribution in [0, 0.1) is 13.8 Å². The first-order valence-electron chi connectivity index (χ1n) is 8.16. The standard InChI is InChI=1S/C18H23N5/c1-5-15-11-17(23-18(20-15)12(3)13(4)22-23)21-16(6-2)14-7-9-19-10-8-14/h7-11,16,21H,5-6H2,1-4H3/t16-/m0/s1. The Hall–Kier alpha value is -2.43. The minimum atomic E-state index is 0.220. The van der Waals surface area contributed by atoms with E-state index in [4.69, 9.17) is 4.98 Å². The molecule has 0 saturated carbocycles. The van der Waals surface area contributed by atoms with Gasteiger partial charge in [0.2, 0.25) is 0 Å². The Balaban J connectivity index is 2.06. The van der Waals surface area contributed by atoms with E-state index in [9.17, 15) is 0 Å². The molecule has 3 heterocycles. The van der Waals surface area contributed by atoms with Crippen molar-refractivity contribution in [1.29, 1.82) is 0 Å². The number of rotatable bonds is 5. The number of nitrogens with zero attached hydrogens (tertiary/aromatic N) is 4. The molecule has 0 unspecified atom stereocenters. The highest BCUT2D eigenvalue weighted by Crippen LogP contribution is 2.25. The number of anilines is 1. The van der Waals surface area contributed by atoms with Gasteiger partial charge in [0.1, 0.15) is 5.82 Å². The Labute approximate surface area is 136 Å². The number of aromatic nitrogens is 4. The van der Waals surface area contributed by atoms with Crippen LogP contribution in [0.25, 0.3) is 5.65 Å². The van der Waals surface area contributed by atoms with Crippen molar-refractivity contribution in [3.63, 3.8) is 0 Å². The number of hydrogen-bond acceptors (Lipinski definition) is 4. The molecule has 0 radical (unpaired) electrons. The van der Waals surface area contributed by atoms with E-state index < -0.39 is 0 Å². The van der Waals surface area contributed by atoms with Crippen molar-refractivity contribution >= 4 is 11.5 Å². The normalized spacial score (nSPS) is 12.5. The summed E-state index contributed by atoms with van der Waals surface area (Å²) in [7, 11) is 0. The lowest BCUT2D eigenvalue weighted by atomic mass is 10.1. The van der Waals surface area contributed by atoms with Crippen LogP contribution in [0.4, 0.5) is 5.82 Å². The number of fused-ring (bicyclic) bond motifs is 1. The first-order chi connectivity index (χ1) is 11.1. The van der Waals surface area contributed by atoms with Gasteiger partial charge in [0.05, 0.1) is 11.7 Å². The molecule has 120 valence electrons. The van der Waals surface area contributed by atoms with Gasteiger partial charge in [-0.15, -0.1) is 0 Å². The lowest BCUT2D eigenvalue weighted by molar-refractivity contribution is 0.731. The predicted octanol–water partition coefficient (Wildman–Crippen LogP) is 3.87. The summed E-state index contributed by atoms with van der Waals surface area (Å²) >= 11 is 0. The zero-order valence-electron chi connectivity index (χ0n) is 14.2. The maximum Gasteiger partial charge on any atom is 0.160 e. The molecule has 0 bridgehead atoms. The van der Waals surface area contributed by atoms with Crippen molar-refractivity contribution in [2.24, 2.45) is 0 Å². The van der Waals surface area contributed by atoms with Crippen LogP contribution in [0.5, 0.6) is 0 Å². The first kappa shape index (κ1) is 15.5.